The molecular formula is C16H33NS2. The van der Waals surface area contributed by atoms with Crippen molar-refractivity contribution >= 4 is 23.5 Å². The molecule has 1 aliphatic rings. The molecule has 0 aromatic heterocycles. The molecule has 0 aromatic rings. The Labute approximate surface area is 129 Å². The summed E-state index contributed by atoms with van der Waals surface area (Å²) in [5.41, 5.74) is 0.456. The second-order valence-electron chi connectivity index (χ2n) is 7.08. The van der Waals surface area contributed by atoms with Gasteiger partial charge in [0.1, 0.15) is 0 Å². The fourth-order valence-corrected chi connectivity index (χ4v) is 5.53. The molecule has 0 aliphatic carbocycles. The van der Waals surface area contributed by atoms with Gasteiger partial charge in [0.15, 0.2) is 0 Å². The Morgan fingerprint density at radius 1 is 1.21 bits per heavy atom. The van der Waals surface area contributed by atoms with Crippen molar-refractivity contribution in [2.75, 3.05) is 12.3 Å². The summed E-state index contributed by atoms with van der Waals surface area (Å²) < 4.78 is 0. The van der Waals surface area contributed by atoms with E-state index >= 15 is 0 Å². The Morgan fingerprint density at radius 3 is 2.42 bits per heavy atom. The first-order valence-electron chi connectivity index (χ1n) is 7.84. The second kappa shape index (κ2) is 8.19. The monoisotopic (exact) mass is 303 g/mol. The molecule has 0 radical (unpaired) electrons. The zero-order chi connectivity index (χ0) is 14.5. The van der Waals surface area contributed by atoms with Crippen LogP contribution < -0.4 is 5.32 Å². The summed E-state index contributed by atoms with van der Waals surface area (Å²) in [5, 5.41) is 6.22. The van der Waals surface area contributed by atoms with Crippen LogP contribution in [-0.4, -0.2) is 34.1 Å². The van der Waals surface area contributed by atoms with Gasteiger partial charge in [-0.3, -0.25) is 0 Å². The van der Waals surface area contributed by atoms with Gasteiger partial charge in [0.25, 0.3) is 0 Å². The molecule has 1 N–H and O–H groups in total. The minimum absolute atomic E-state index is 0.456. The first kappa shape index (κ1) is 17.7. The number of thioether (sulfide) groups is 2. The fraction of sp³-hybridized carbons (Fsp3) is 1.00. The molecule has 1 fully saturated rings. The van der Waals surface area contributed by atoms with E-state index in [9.17, 15) is 0 Å². The van der Waals surface area contributed by atoms with Gasteiger partial charge in [-0.15, -0.1) is 0 Å². The zero-order valence-corrected chi connectivity index (χ0v) is 15.3. The Hall–Kier alpha value is 0.660. The number of hydrogen-bond acceptors (Lipinski definition) is 3. The molecule has 0 bridgehead atoms. The van der Waals surface area contributed by atoms with Gasteiger partial charge in [0.2, 0.25) is 0 Å². The smallest absolute Gasteiger partial charge is 0.0294 e. The van der Waals surface area contributed by atoms with E-state index in [1.165, 1.54) is 31.6 Å². The van der Waals surface area contributed by atoms with Crippen LogP contribution in [0.15, 0.2) is 0 Å². The molecule has 0 spiro atoms. The topological polar surface area (TPSA) is 12.0 Å². The highest BCUT2D eigenvalue weighted by Crippen LogP contribution is 2.38. The van der Waals surface area contributed by atoms with Crippen molar-refractivity contribution in [2.24, 2.45) is 5.41 Å². The van der Waals surface area contributed by atoms with E-state index in [2.05, 4.69) is 70.4 Å². The average molecular weight is 304 g/mol. The van der Waals surface area contributed by atoms with Crippen LogP contribution in [0.3, 0.4) is 0 Å². The summed E-state index contributed by atoms with van der Waals surface area (Å²) in [6, 6.07) is 0.701. The molecule has 1 heterocycles. The summed E-state index contributed by atoms with van der Waals surface area (Å²) in [5.74, 6) is 1.32. The Balaban J connectivity index is 2.52. The Kier molecular flexibility index (Phi) is 7.63. The van der Waals surface area contributed by atoms with Crippen LogP contribution in [0.25, 0.3) is 0 Å². The molecule has 0 amide bonds. The van der Waals surface area contributed by atoms with Crippen LogP contribution in [0.2, 0.25) is 0 Å². The van der Waals surface area contributed by atoms with Crippen molar-refractivity contribution in [1.82, 2.24) is 5.32 Å². The normalized spacial score (nSPS) is 30.3. The van der Waals surface area contributed by atoms with Gasteiger partial charge in [-0.05, 0) is 31.2 Å². The van der Waals surface area contributed by atoms with Gasteiger partial charge in [-0.25, -0.2) is 0 Å². The van der Waals surface area contributed by atoms with Gasteiger partial charge >= 0.3 is 0 Å². The van der Waals surface area contributed by atoms with Gasteiger partial charge in [-0.2, -0.15) is 23.5 Å². The second-order valence-corrected chi connectivity index (χ2v) is 10.1. The molecule has 4 unspecified atom stereocenters. The molecule has 114 valence electrons. The Bertz CT molecular complexity index is 250. The molecule has 1 aliphatic heterocycles. The van der Waals surface area contributed by atoms with Crippen molar-refractivity contribution in [2.45, 2.75) is 82.6 Å². The van der Waals surface area contributed by atoms with E-state index in [0.717, 1.165) is 15.7 Å². The van der Waals surface area contributed by atoms with E-state index in [0.29, 0.717) is 11.5 Å². The number of hydrogen-bond donors (Lipinski definition) is 1. The van der Waals surface area contributed by atoms with E-state index in [1.807, 2.05) is 0 Å². The third-order valence-electron chi connectivity index (χ3n) is 3.88. The number of rotatable bonds is 6. The highest BCUT2D eigenvalue weighted by Gasteiger charge is 2.31. The molecule has 1 saturated heterocycles. The molecule has 1 nitrogen and oxygen atoms in total. The molecule has 19 heavy (non-hydrogen) atoms. The molecular weight excluding hydrogens is 270 g/mol. The third-order valence-corrected chi connectivity index (χ3v) is 7.44. The van der Waals surface area contributed by atoms with E-state index in [-0.39, 0.29) is 0 Å². The lowest BCUT2D eigenvalue weighted by atomic mass is 9.88. The minimum Gasteiger partial charge on any atom is -0.313 e. The van der Waals surface area contributed by atoms with Crippen LogP contribution in [0.4, 0.5) is 0 Å². The maximum atomic E-state index is 3.81. The molecule has 1 rings (SSSR count). The predicted molar refractivity (Wildman–Crippen MR) is 93.5 cm³/mol. The maximum absolute atomic E-state index is 3.81. The lowest BCUT2D eigenvalue weighted by Gasteiger charge is -2.37. The minimum atomic E-state index is 0.456. The van der Waals surface area contributed by atoms with Crippen LogP contribution in [-0.2, 0) is 0 Å². The summed E-state index contributed by atoms with van der Waals surface area (Å²) in [6.45, 7) is 15.3. The zero-order valence-electron chi connectivity index (χ0n) is 13.7. The van der Waals surface area contributed by atoms with Crippen molar-refractivity contribution in [3.05, 3.63) is 0 Å². The summed E-state index contributed by atoms with van der Waals surface area (Å²) in [4.78, 5) is 0. The summed E-state index contributed by atoms with van der Waals surface area (Å²) >= 11 is 4.39. The third kappa shape index (κ3) is 6.77. The van der Waals surface area contributed by atoms with E-state index < -0.39 is 0 Å². The SMILES string of the molecule is CCCNC(CCC(C)(C)C)C1CSC(C)C(C)S1. The standard InChI is InChI=1S/C16H33NS2/c1-7-10-17-14(8-9-16(4,5)6)15-11-18-12(2)13(3)19-15/h12-15,17H,7-11H2,1-6H3. The van der Waals surface area contributed by atoms with Crippen molar-refractivity contribution in [1.29, 1.82) is 0 Å². The highest BCUT2D eigenvalue weighted by molar-refractivity contribution is 8.07. The predicted octanol–water partition coefficient (Wildman–Crippen LogP) is 4.81. The lowest BCUT2D eigenvalue weighted by molar-refractivity contribution is 0.329. The van der Waals surface area contributed by atoms with Crippen LogP contribution in [0, 0.1) is 5.41 Å². The first-order chi connectivity index (χ1) is 8.83. The fourth-order valence-electron chi connectivity index (χ4n) is 2.36. The van der Waals surface area contributed by atoms with Crippen molar-refractivity contribution < 1.29 is 0 Å². The van der Waals surface area contributed by atoms with Crippen molar-refractivity contribution in [3.63, 3.8) is 0 Å². The molecule has 0 aromatic carbocycles. The lowest BCUT2D eigenvalue weighted by Crippen LogP contribution is -2.44. The maximum Gasteiger partial charge on any atom is 0.0294 e. The quantitative estimate of drug-likeness (QED) is 0.756. The van der Waals surface area contributed by atoms with Gasteiger partial charge in [0, 0.05) is 27.5 Å². The van der Waals surface area contributed by atoms with Gasteiger partial charge in [-0.1, -0.05) is 41.5 Å². The largest absolute Gasteiger partial charge is 0.313 e. The summed E-state index contributed by atoms with van der Waals surface area (Å²) in [6.07, 6.45) is 3.88. The van der Waals surface area contributed by atoms with E-state index in [1.54, 1.807) is 0 Å². The van der Waals surface area contributed by atoms with Crippen LogP contribution >= 0.6 is 23.5 Å². The molecule has 0 saturated carbocycles. The van der Waals surface area contributed by atoms with Crippen LogP contribution in [0.1, 0.15) is 60.8 Å². The first-order valence-corrected chi connectivity index (χ1v) is 9.83. The van der Waals surface area contributed by atoms with Gasteiger partial charge < -0.3 is 5.32 Å². The van der Waals surface area contributed by atoms with Crippen molar-refractivity contribution in [3.8, 4) is 0 Å². The van der Waals surface area contributed by atoms with Gasteiger partial charge in [0.05, 0.1) is 0 Å². The molecule has 4 atom stereocenters. The highest BCUT2D eigenvalue weighted by atomic mass is 32.2. The molecule has 3 heteroatoms. The van der Waals surface area contributed by atoms with E-state index in [4.69, 9.17) is 0 Å². The summed E-state index contributed by atoms with van der Waals surface area (Å²) in [7, 11) is 0. The number of nitrogens with one attached hydrogen (secondary N) is 1. The average Bonchev–Trinajstić information content (AvgIpc) is 2.32. The van der Waals surface area contributed by atoms with Crippen LogP contribution in [0.5, 0.6) is 0 Å². The Morgan fingerprint density at radius 2 is 1.89 bits per heavy atom.